The van der Waals surface area contributed by atoms with Gasteiger partial charge in [0.1, 0.15) is 0 Å². The number of rotatable bonds is 2. The minimum Gasteiger partial charge on any atom is -0.463 e. The van der Waals surface area contributed by atoms with Crippen molar-refractivity contribution in [2.24, 2.45) is 0 Å². The van der Waals surface area contributed by atoms with Gasteiger partial charge in [0, 0.05) is 14.8 Å². The van der Waals surface area contributed by atoms with Crippen LogP contribution in [0.15, 0.2) is 0 Å². The second kappa shape index (κ2) is 5.67. The fourth-order valence-corrected chi connectivity index (χ4v) is 0.346. The van der Waals surface area contributed by atoms with Crippen LogP contribution in [0.2, 0.25) is 0 Å². The Labute approximate surface area is 58.2 Å². The van der Waals surface area contributed by atoms with Gasteiger partial charge in [-0.15, -0.1) is 0 Å². The molecule has 0 aliphatic carbocycles. The molecule has 3 radical (unpaired) electrons. The van der Waals surface area contributed by atoms with Crippen LogP contribution in [0.3, 0.4) is 0 Å². The summed E-state index contributed by atoms with van der Waals surface area (Å²) in [6.45, 7) is 5.46. The molecule has 0 saturated heterocycles. The number of hydrogen-bond acceptors (Lipinski definition) is 2. The highest BCUT2D eigenvalue weighted by atomic mass is 16.5. The van der Waals surface area contributed by atoms with Crippen molar-refractivity contribution >= 4 is 14.4 Å². The van der Waals surface area contributed by atoms with E-state index in [1.165, 1.54) is 0 Å². The van der Waals surface area contributed by atoms with Crippen LogP contribution in [-0.4, -0.2) is 20.5 Å². The fraction of sp³-hybridized carbons (Fsp3) is 0.833. The first-order valence-electron chi connectivity index (χ1n) is 2.86. The van der Waals surface area contributed by atoms with E-state index in [1.54, 1.807) is 6.92 Å². The first kappa shape index (κ1) is 11.3. The summed E-state index contributed by atoms with van der Waals surface area (Å²) in [7, 11) is 0. The van der Waals surface area contributed by atoms with Gasteiger partial charge in [-0.05, 0) is 13.8 Å². The monoisotopic (exact) mass is 127 g/mol. The average Bonchev–Trinajstić information content (AvgIpc) is 1.65. The van der Waals surface area contributed by atoms with Crippen LogP contribution in [0, 0.1) is 0 Å². The predicted molar refractivity (Wildman–Crippen MR) is 37.3 cm³/mol. The van der Waals surface area contributed by atoms with Gasteiger partial charge in [-0.2, -0.15) is 0 Å². The van der Waals surface area contributed by atoms with E-state index in [1.807, 2.05) is 13.8 Å². The van der Waals surface area contributed by atoms with E-state index in [4.69, 9.17) is 4.74 Å². The third kappa shape index (κ3) is 7.53. The van der Waals surface area contributed by atoms with Gasteiger partial charge >= 0.3 is 5.97 Å². The van der Waals surface area contributed by atoms with Gasteiger partial charge in [0.15, 0.2) is 0 Å². The number of hydrogen-bond donors (Lipinski definition) is 0. The Balaban J connectivity index is 0. The zero-order valence-corrected chi connectivity index (χ0v) is 6.18. The molecule has 0 amide bonds. The first-order chi connectivity index (χ1) is 3.66. The van der Waals surface area contributed by atoms with Crippen LogP contribution >= 0.6 is 0 Å². The van der Waals surface area contributed by atoms with Crippen molar-refractivity contribution in [1.82, 2.24) is 0 Å². The lowest BCUT2D eigenvalue weighted by atomic mass is 10.4. The van der Waals surface area contributed by atoms with Gasteiger partial charge in [0.2, 0.25) is 0 Å². The Hall–Kier alpha value is -0.465. The maximum atomic E-state index is 10.4. The molecule has 0 aliphatic heterocycles. The van der Waals surface area contributed by atoms with Crippen LogP contribution in [-0.2, 0) is 9.53 Å². The third-order valence-corrected chi connectivity index (χ3v) is 0.656. The Morgan fingerprint density at radius 3 is 2.11 bits per heavy atom. The summed E-state index contributed by atoms with van der Waals surface area (Å²) in [6, 6.07) is 0. The molecule has 0 aromatic heterocycles. The average molecular weight is 127 g/mol. The van der Waals surface area contributed by atoms with Gasteiger partial charge in [-0.1, -0.05) is 6.92 Å². The smallest absolute Gasteiger partial charge is 0.305 e. The highest BCUT2D eigenvalue weighted by Crippen LogP contribution is 1.90. The molecule has 0 aromatic carbocycles. The van der Waals surface area contributed by atoms with Gasteiger partial charge in [0.25, 0.3) is 0 Å². The minimum absolute atomic E-state index is 0. The molecule has 51 valence electrons. The van der Waals surface area contributed by atoms with Crippen molar-refractivity contribution in [3.8, 4) is 0 Å². The summed E-state index contributed by atoms with van der Waals surface area (Å²) in [5.41, 5.74) is 0. The summed E-state index contributed by atoms with van der Waals surface area (Å²) >= 11 is 0. The third-order valence-electron chi connectivity index (χ3n) is 0.656. The van der Waals surface area contributed by atoms with E-state index in [9.17, 15) is 4.79 Å². The lowest BCUT2D eigenvalue weighted by Gasteiger charge is -2.04. The minimum atomic E-state index is -0.125. The van der Waals surface area contributed by atoms with Crippen molar-refractivity contribution in [3.63, 3.8) is 0 Å². The van der Waals surface area contributed by atoms with E-state index in [0.717, 1.165) is 0 Å². The SMILES string of the molecule is CCC(=O)OC(C)C.[B]. The van der Waals surface area contributed by atoms with Gasteiger partial charge < -0.3 is 4.74 Å². The van der Waals surface area contributed by atoms with E-state index in [-0.39, 0.29) is 20.5 Å². The lowest BCUT2D eigenvalue weighted by Crippen LogP contribution is -2.09. The van der Waals surface area contributed by atoms with E-state index in [0.29, 0.717) is 6.42 Å². The summed E-state index contributed by atoms with van der Waals surface area (Å²) < 4.78 is 4.76. The molecule has 0 aliphatic rings. The molecule has 0 aromatic rings. The normalized spacial score (nSPS) is 8.44. The van der Waals surface area contributed by atoms with Gasteiger partial charge in [-0.3, -0.25) is 4.79 Å². The Bertz CT molecular complexity index is 81.1. The molecule has 9 heavy (non-hydrogen) atoms. The predicted octanol–water partition coefficient (Wildman–Crippen LogP) is 0.967. The van der Waals surface area contributed by atoms with Gasteiger partial charge in [-0.25, -0.2) is 0 Å². The number of carbonyl (C=O) groups excluding carboxylic acids is 1. The molecular formula is C6H12BO2. The molecule has 0 unspecified atom stereocenters. The van der Waals surface area contributed by atoms with Crippen molar-refractivity contribution in [3.05, 3.63) is 0 Å². The molecular weight excluding hydrogens is 115 g/mol. The number of esters is 1. The molecule has 0 saturated carbocycles. The first-order valence-corrected chi connectivity index (χ1v) is 2.86. The fourth-order valence-electron chi connectivity index (χ4n) is 0.346. The standard InChI is InChI=1S/C6H12O2.B/c1-4-6(7)8-5(2)3;/h5H,4H2,1-3H3;. The molecule has 0 fully saturated rings. The Morgan fingerprint density at radius 2 is 2.00 bits per heavy atom. The van der Waals surface area contributed by atoms with Crippen LogP contribution in [0.5, 0.6) is 0 Å². The van der Waals surface area contributed by atoms with Crippen LogP contribution in [0.25, 0.3) is 0 Å². The molecule has 0 heterocycles. The summed E-state index contributed by atoms with van der Waals surface area (Å²) in [4.78, 5) is 10.4. The molecule has 3 heteroatoms. The van der Waals surface area contributed by atoms with E-state index in [2.05, 4.69) is 0 Å². The molecule has 0 spiro atoms. The van der Waals surface area contributed by atoms with Crippen molar-refractivity contribution in [1.29, 1.82) is 0 Å². The van der Waals surface area contributed by atoms with Crippen molar-refractivity contribution < 1.29 is 9.53 Å². The van der Waals surface area contributed by atoms with Crippen LogP contribution in [0.1, 0.15) is 27.2 Å². The molecule has 2 nitrogen and oxygen atoms in total. The topological polar surface area (TPSA) is 26.3 Å². The summed E-state index contributed by atoms with van der Waals surface area (Å²) in [6.07, 6.45) is 0.500. The maximum Gasteiger partial charge on any atom is 0.305 e. The largest absolute Gasteiger partial charge is 0.463 e. The lowest BCUT2D eigenvalue weighted by molar-refractivity contribution is -0.146. The number of ether oxygens (including phenoxy) is 1. The molecule has 0 rings (SSSR count). The van der Waals surface area contributed by atoms with Crippen LogP contribution in [0.4, 0.5) is 0 Å². The second-order valence-electron chi connectivity index (χ2n) is 1.89. The summed E-state index contributed by atoms with van der Waals surface area (Å²) in [5, 5.41) is 0. The highest BCUT2D eigenvalue weighted by Gasteiger charge is 1.98. The van der Waals surface area contributed by atoms with E-state index < -0.39 is 0 Å². The van der Waals surface area contributed by atoms with Crippen molar-refractivity contribution in [2.45, 2.75) is 33.3 Å². The van der Waals surface area contributed by atoms with Crippen LogP contribution < -0.4 is 0 Å². The maximum absolute atomic E-state index is 10.4. The number of carbonyl (C=O) groups is 1. The second-order valence-corrected chi connectivity index (χ2v) is 1.89. The zero-order valence-electron chi connectivity index (χ0n) is 6.18. The molecule has 0 N–H and O–H groups in total. The van der Waals surface area contributed by atoms with Crippen molar-refractivity contribution in [2.75, 3.05) is 0 Å². The highest BCUT2D eigenvalue weighted by molar-refractivity contribution is 5.75. The zero-order chi connectivity index (χ0) is 6.57. The quantitative estimate of drug-likeness (QED) is 0.408. The molecule has 0 bridgehead atoms. The Morgan fingerprint density at radius 1 is 1.56 bits per heavy atom. The Kier molecular flexibility index (Phi) is 7.15. The van der Waals surface area contributed by atoms with E-state index >= 15 is 0 Å². The summed E-state index contributed by atoms with van der Waals surface area (Å²) in [5.74, 6) is -0.125. The molecule has 0 atom stereocenters. The van der Waals surface area contributed by atoms with Gasteiger partial charge in [0.05, 0.1) is 6.10 Å².